The molecule has 1 aromatic rings. The number of allylic oxidation sites excluding steroid dienone is 1. The number of halogens is 1. The molecule has 1 rings (SSSR count). The molecule has 0 N–H and O–H groups in total. The van der Waals surface area contributed by atoms with Crippen molar-refractivity contribution in [3.05, 3.63) is 42.2 Å². The molecule has 0 aliphatic rings. The van der Waals surface area contributed by atoms with Gasteiger partial charge in [0, 0.05) is 5.57 Å². The minimum Gasteiger partial charge on any atom is -0.298 e. The standard InChI is InChI=1S/C9H7FO/c1-7(6-11)8-3-2-4-9(10)5-8/h2-6H,1H2. The first-order chi connectivity index (χ1) is 5.24. The molecule has 0 heterocycles. The molecule has 0 spiro atoms. The normalized spacial score (nSPS) is 9.18. The summed E-state index contributed by atoms with van der Waals surface area (Å²) in [5.74, 6) is -0.356. The molecule has 1 nitrogen and oxygen atoms in total. The quantitative estimate of drug-likeness (QED) is 0.465. The van der Waals surface area contributed by atoms with Gasteiger partial charge in [0.1, 0.15) is 12.1 Å². The predicted octanol–water partition coefficient (Wildman–Crippen LogP) is 2.04. The van der Waals surface area contributed by atoms with Crippen molar-refractivity contribution < 1.29 is 9.18 Å². The lowest BCUT2D eigenvalue weighted by atomic mass is 10.1. The molecule has 0 bridgehead atoms. The maximum Gasteiger partial charge on any atom is 0.150 e. The van der Waals surface area contributed by atoms with Gasteiger partial charge in [0.05, 0.1) is 0 Å². The van der Waals surface area contributed by atoms with Crippen molar-refractivity contribution in [3.8, 4) is 0 Å². The Morgan fingerprint density at radius 1 is 1.55 bits per heavy atom. The Morgan fingerprint density at radius 2 is 2.27 bits per heavy atom. The number of aldehydes is 1. The second kappa shape index (κ2) is 3.10. The molecule has 0 aromatic heterocycles. The Kier molecular flexibility index (Phi) is 2.16. The van der Waals surface area contributed by atoms with Crippen LogP contribution in [0.3, 0.4) is 0 Å². The Hall–Kier alpha value is -1.44. The van der Waals surface area contributed by atoms with Gasteiger partial charge in [0.25, 0.3) is 0 Å². The van der Waals surface area contributed by atoms with E-state index in [1.807, 2.05) is 0 Å². The van der Waals surface area contributed by atoms with Crippen LogP contribution in [0.4, 0.5) is 4.39 Å². The van der Waals surface area contributed by atoms with Crippen molar-refractivity contribution in [2.75, 3.05) is 0 Å². The molecule has 0 amide bonds. The van der Waals surface area contributed by atoms with Gasteiger partial charge in [-0.1, -0.05) is 18.7 Å². The van der Waals surface area contributed by atoms with E-state index in [1.54, 1.807) is 12.1 Å². The number of carbonyl (C=O) groups excluding carboxylic acids is 1. The zero-order valence-corrected chi connectivity index (χ0v) is 5.88. The fourth-order valence-corrected chi connectivity index (χ4v) is 0.756. The first-order valence-electron chi connectivity index (χ1n) is 3.14. The van der Waals surface area contributed by atoms with Crippen molar-refractivity contribution in [2.24, 2.45) is 0 Å². The summed E-state index contributed by atoms with van der Waals surface area (Å²) in [6.45, 7) is 3.45. The van der Waals surface area contributed by atoms with E-state index in [0.717, 1.165) is 0 Å². The summed E-state index contributed by atoms with van der Waals surface area (Å²) in [5, 5.41) is 0. The van der Waals surface area contributed by atoms with Gasteiger partial charge in [-0.25, -0.2) is 4.39 Å². The monoisotopic (exact) mass is 150 g/mol. The van der Waals surface area contributed by atoms with E-state index in [9.17, 15) is 9.18 Å². The molecule has 0 fully saturated rings. The number of carbonyl (C=O) groups is 1. The fourth-order valence-electron chi connectivity index (χ4n) is 0.756. The van der Waals surface area contributed by atoms with E-state index >= 15 is 0 Å². The van der Waals surface area contributed by atoms with E-state index in [2.05, 4.69) is 6.58 Å². The molecule has 0 unspecified atom stereocenters. The molecule has 11 heavy (non-hydrogen) atoms. The van der Waals surface area contributed by atoms with E-state index in [1.165, 1.54) is 12.1 Å². The lowest BCUT2D eigenvalue weighted by Gasteiger charge is -1.95. The molecular weight excluding hydrogens is 143 g/mol. The zero-order chi connectivity index (χ0) is 8.27. The topological polar surface area (TPSA) is 17.1 Å². The smallest absolute Gasteiger partial charge is 0.150 e. The van der Waals surface area contributed by atoms with E-state index < -0.39 is 0 Å². The molecule has 1 aromatic carbocycles. The van der Waals surface area contributed by atoms with Crippen LogP contribution >= 0.6 is 0 Å². The Labute approximate surface area is 64.2 Å². The van der Waals surface area contributed by atoms with E-state index in [-0.39, 0.29) is 5.82 Å². The Bertz CT molecular complexity index is 291. The summed E-state index contributed by atoms with van der Waals surface area (Å²) in [6, 6.07) is 5.78. The molecule has 2 heteroatoms. The molecule has 0 aliphatic carbocycles. The highest BCUT2D eigenvalue weighted by Crippen LogP contribution is 2.10. The van der Waals surface area contributed by atoms with E-state index in [0.29, 0.717) is 17.4 Å². The van der Waals surface area contributed by atoms with Gasteiger partial charge in [0.2, 0.25) is 0 Å². The summed E-state index contributed by atoms with van der Waals surface area (Å²) >= 11 is 0. The van der Waals surface area contributed by atoms with Gasteiger partial charge in [0.15, 0.2) is 0 Å². The van der Waals surface area contributed by atoms with Crippen LogP contribution in [0.15, 0.2) is 30.8 Å². The largest absolute Gasteiger partial charge is 0.298 e. The Morgan fingerprint density at radius 3 is 2.82 bits per heavy atom. The molecule has 56 valence electrons. The van der Waals surface area contributed by atoms with Gasteiger partial charge in [-0.2, -0.15) is 0 Å². The van der Waals surface area contributed by atoms with Gasteiger partial charge in [-0.05, 0) is 17.7 Å². The van der Waals surface area contributed by atoms with Crippen molar-refractivity contribution in [3.63, 3.8) is 0 Å². The van der Waals surface area contributed by atoms with Crippen LogP contribution in [0.2, 0.25) is 0 Å². The third kappa shape index (κ3) is 1.74. The molecule has 0 aliphatic heterocycles. The fraction of sp³-hybridized carbons (Fsp3) is 0. The average molecular weight is 150 g/mol. The summed E-state index contributed by atoms with van der Waals surface area (Å²) in [4.78, 5) is 10.2. The highest BCUT2D eigenvalue weighted by atomic mass is 19.1. The second-order valence-electron chi connectivity index (χ2n) is 2.15. The molecule has 0 radical (unpaired) electrons. The highest BCUT2D eigenvalue weighted by Gasteiger charge is 1.96. The summed E-state index contributed by atoms with van der Waals surface area (Å²) in [7, 11) is 0. The van der Waals surface area contributed by atoms with Gasteiger partial charge < -0.3 is 0 Å². The number of hydrogen-bond acceptors (Lipinski definition) is 1. The molecule has 0 saturated carbocycles. The van der Waals surface area contributed by atoms with Crippen LogP contribution in [-0.2, 0) is 4.79 Å². The number of benzene rings is 1. The third-order valence-corrected chi connectivity index (χ3v) is 1.34. The average Bonchev–Trinajstić information content (AvgIpc) is 2.03. The summed E-state index contributed by atoms with van der Waals surface area (Å²) in [5.41, 5.74) is 0.824. The highest BCUT2D eigenvalue weighted by molar-refractivity contribution is 6.05. The summed E-state index contributed by atoms with van der Waals surface area (Å²) in [6.07, 6.45) is 0.606. The first-order valence-corrected chi connectivity index (χ1v) is 3.14. The predicted molar refractivity (Wildman–Crippen MR) is 41.5 cm³/mol. The zero-order valence-electron chi connectivity index (χ0n) is 5.88. The van der Waals surface area contributed by atoms with E-state index in [4.69, 9.17) is 0 Å². The first kappa shape index (κ1) is 7.66. The van der Waals surface area contributed by atoms with Crippen molar-refractivity contribution in [1.82, 2.24) is 0 Å². The van der Waals surface area contributed by atoms with Crippen molar-refractivity contribution in [2.45, 2.75) is 0 Å². The minimum absolute atomic E-state index is 0.296. The number of rotatable bonds is 2. The van der Waals surface area contributed by atoms with Crippen molar-refractivity contribution in [1.29, 1.82) is 0 Å². The lowest BCUT2D eigenvalue weighted by Crippen LogP contribution is -1.84. The van der Waals surface area contributed by atoms with Crippen LogP contribution in [0.1, 0.15) is 5.56 Å². The third-order valence-electron chi connectivity index (χ3n) is 1.34. The Balaban J connectivity index is 3.05. The van der Waals surface area contributed by atoms with Crippen LogP contribution in [0.25, 0.3) is 5.57 Å². The number of hydrogen-bond donors (Lipinski definition) is 0. The van der Waals surface area contributed by atoms with Crippen LogP contribution in [0, 0.1) is 5.82 Å². The van der Waals surface area contributed by atoms with Gasteiger partial charge in [-0.3, -0.25) is 4.79 Å². The van der Waals surface area contributed by atoms with Gasteiger partial charge in [-0.15, -0.1) is 0 Å². The molecule has 0 saturated heterocycles. The van der Waals surface area contributed by atoms with Gasteiger partial charge >= 0.3 is 0 Å². The maximum absolute atomic E-state index is 12.5. The SMILES string of the molecule is C=C(C=O)c1cccc(F)c1. The maximum atomic E-state index is 12.5. The molecular formula is C9H7FO. The minimum atomic E-state index is -0.356. The van der Waals surface area contributed by atoms with Crippen molar-refractivity contribution >= 4 is 11.9 Å². The summed E-state index contributed by atoms with van der Waals surface area (Å²) < 4.78 is 12.5. The van der Waals surface area contributed by atoms with Crippen LogP contribution in [-0.4, -0.2) is 6.29 Å². The van der Waals surface area contributed by atoms with Crippen LogP contribution in [0.5, 0.6) is 0 Å². The van der Waals surface area contributed by atoms with Crippen LogP contribution < -0.4 is 0 Å². The molecule has 0 atom stereocenters. The second-order valence-corrected chi connectivity index (χ2v) is 2.15. The lowest BCUT2D eigenvalue weighted by molar-refractivity contribution is -0.103.